The molecule has 3 rings (SSSR count). The zero-order valence-corrected chi connectivity index (χ0v) is 15.1. The van der Waals surface area contributed by atoms with Gasteiger partial charge in [0.05, 0.1) is 23.1 Å². The number of carbonyl (C=O) groups is 1. The Morgan fingerprint density at radius 2 is 2.16 bits per heavy atom. The monoisotopic (exact) mass is 360 g/mol. The maximum absolute atomic E-state index is 11.4. The van der Waals surface area contributed by atoms with Crippen molar-refractivity contribution >= 4 is 28.9 Å². The number of hydrogen-bond acceptors (Lipinski definition) is 5. The Morgan fingerprint density at radius 3 is 2.84 bits per heavy atom. The molecule has 1 aliphatic rings. The van der Waals surface area contributed by atoms with Crippen LogP contribution >= 0.6 is 11.6 Å². The highest BCUT2D eigenvalue weighted by Gasteiger charge is 2.31. The molecular formula is C18H21ClN4O2. The highest BCUT2D eigenvalue weighted by Crippen LogP contribution is 2.37. The number of anilines is 2. The molecule has 0 bridgehead atoms. The van der Waals surface area contributed by atoms with Crippen LogP contribution in [0, 0.1) is 5.41 Å². The number of aromatic nitrogens is 1. The third-order valence-corrected chi connectivity index (χ3v) is 4.10. The number of halogens is 1. The molecule has 6 nitrogen and oxygen atoms in total. The van der Waals surface area contributed by atoms with Crippen LogP contribution in [-0.2, 0) is 0 Å². The van der Waals surface area contributed by atoms with Gasteiger partial charge in [0, 0.05) is 23.3 Å². The number of benzene rings is 1. The number of pyridine rings is 1. The Balaban J connectivity index is 1.93. The van der Waals surface area contributed by atoms with Gasteiger partial charge < -0.3 is 15.4 Å². The van der Waals surface area contributed by atoms with Gasteiger partial charge in [0.2, 0.25) is 0 Å². The third kappa shape index (κ3) is 3.86. The van der Waals surface area contributed by atoms with Crippen LogP contribution in [0.1, 0.15) is 42.9 Å². The summed E-state index contributed by atoms with van der Waals surface area (Å²) in [5.74, 6) is -0.999. The van der Waals surface area contributed by atoms with Crippen molar-refractivity contribution in [3.63, 3.8) is 0 Å². The number of carboxylic acids is 1. The van der Waals surface area contributed by atoms with E-state index in [1.54, 1.807) is 0 Å². The predicted molar refractivity (Wildman–Crippen MR) is 98.9 cm³/mol. The lowest BCUT2D eigenvalue weighted by atomic mass is 9.96. The summed E-state index contributed by atoms with van der Waals surface area (Å²) >= 11 is 6.17. The molecule has 3 N–H and O–H groups in total. The van der Waals surface area contributed by atoms with E-state index >= 15 is 0 Å². The summed E-state index contributed by atoms with van der Waals surface area (Å²) in [6, 6.07) is 7.19. The fourth-order valence-electron chi connectivity index (χ4n) is 2.86. The van der Waals surface area contributed by atoms with Gasteiger partial charge in [0.1, 0.15) is 6.17 Å². The van der Waals surface area contributed by atoms with Crippen molar-refractivity contribution in [2.24, 2.45) is 5.41 Å². The zero-order valence-electron chi connectivity index (χ0n) is 14.4. The number of aromatic carboxylic acids is 1. The largest absolute Gasteiger partial charge is 0.478 e. The Bertz CT molecular complexity index is 804. The second kappa shape index (κ2) is 6.54. The lowest BCUT2D eigenvalue weighted by Gasteiger charge is -2.29. The first-order valence-electron chi connectivity index (χ1n) is 8.01. The average molecular weight is 361 g/mol. The molecule has 1 aliphatic heterocycles. The first-order chi connectivity index (χ1) is 11.7. The normalized spacial score (nSPS) is 16.6. The van der Waals surface area contributed by atoms with E-state index in [0.29, 0.717) is 10.7 Å². The number of nitrogens with one attached hydrogen (secondary N) is 2. The molecule has 0 spiro atoms. The maximum atomic E-state index is 11.4. The molecule has 1 aromatic carbocycles. The van der Waals surface area contributed by atoms with Crippen molar-refractivity contribution in [1.82, 2.24) is 10.4 Å². The van der Waals surface area contributed by atoms with Gasteiger partial charge in [-0.3, -0.25) is 4.98 Å². The summed E-state index contributed by atoms with van der Waals surface area (Å²) in [7, 11) is 0. The van der Waals surface area contributed by atoms with Crippen LogP contribution in [0.3, 0.4) is 0 Å². The maximum Gasteiger partial charge on any atom is 0.337 e. The number of carboxylic acid groups (broad SMARTS) is 1. The summed E-state index contributed by atoms with van der Waals surface area (Å²) in [6.07, 6.45) is 2.69. The molecule has 0 saturated heterocycles. The van der Waals surface area contributed by atoms with E-state index in [1.165, 1.54) is 18.5 Å². The quantitative estimate of drug-likeness (QED) is 0.767. The molecule has 0 saturated carbocycles. The number of fused-ring (bicyclic) bond motifs is 1. The smallest absolute Gasteiger partial charge is 0.337 e. The Labute approximate surface area is 151 Å². The second-order valence-corrected chi connectivity index (χ2v) is 7.72. The van der Waals surface area contributed by atoms with Crippen LogP contribution in [0.4, 0.5) is 11.4 Å². The Kier molecular flexibility index (Phi) is 4.58. The fourth-order valence-corrected chi connectivity index (χ4v) is 3.04. The fraction of sp³-hybridized carbons (Fsp3) is 0.333. The van der Waals surface area contributed by atoms with Crippen LogP contribution < -0.4 is 15.8 Å². The van der Waals surface area contributed by atoms with Crippen LogP contribution in [0.5, 0.6) is 0 Å². The van der Waals surface area contributed by atoms with Gasteiger partial charge in [-0.25, -0.2) is 10.2 Å². The summed E-state index contributed by atoms with van der Waals surface area (Å²) in [6.45, 7) is 7.27. The van der Waals surface area contributed by atoms with Crippen molar-refractivity contribution in [2.75, 3.05) is 16.9 Å². The van der Waals surface area contributed by atoms with Gasteiger partial charge in [-0.15, -0.1) is 0 Å². The van der Waals surface area contributed by atoms with E-state index in [0.717, 1.165) is 17.8 Å². The van der Waals surface area contributed by atoms with Crippen LogP contribution in [0.15, 0.2) is 36.7 Å². The first-order valence-corrected chi connectivity index (χ1v) is 8.39. The molecule has 0 amide bonds. The van der Waals surface area contributed by atoms with E-state index in [4.69, 9.17) is 11.6 Å². The lowest BCUT2D eigenvalue weighted by Crippen LogP contribution is -2.42. The van der Waals surface area contributed by atoms with Gasteiger partial charge in [-0.1, -0.05) is 32.4 Å². The zero-order chi connectivity index (χ0) is 18.2. The average Bonchev–Trinajstić information content (AvgIpc) is 2.82. The molecule has 7 heteroatoms. The van der Waals surface area contributed by atoms with E-state index in [9.17, 15) is 9.90 Å². The van der Waals surface area contributed by atoms with E-state index in [-0.39, 0.29) is 17.1 Å². The molecule has 0 fully saturated rings. The van der Waals surface area contributed by atoms with Crippen LogP contribution in [-0.4, -0.2) is 22.6 Å². The minimum atomic E-state index is -0.999. The highest BCUT2D eigenvalue weighted by atomic mass is 35.5. The molecule has 2 heterocycles. The first kappa shape index (κ1) is 17.5. The van der Waals surface area contributed by atoms with Gasteiger partial charge in [-0.2, -0.15) is 0 Å². The highest BCUT2D eigenvalue weighted by molar-refractivity contribution is 6.30. The predicted octanol–water partition coefficient (Wildman–Crippen LogP) is 3.91. The third-order valence-electron chi connectivity index (χ3n) is 3.86. The van der Waals surface area contributed by atoms with E-state index in [2.05, 4.69) is 41.5 Å². The molecule has 0 aliphatic carbocycles. The molecule has 1 atom stereocenters. The standard InChI is InChI=1S/C18H21ClN4O2/c1-18(2,3)10-23-15-5-4-11(19)8-13(15)16(22-23)21-14-9-20-7-6-12(14)17(24)25/h4-9,16,21-22H,10H2,1-3H3,(H,24,25). The van der Waals surface area contributed by atoms with E-state index in [1.807, 2.05) is 18.2 Å². The van der Waals surface area contributed by atoms with Gasteiger partial charge in [0.15, 0.2) is 0 Å². The minimum absolute atomic E-state index is 0.0827. The number of nitrogens with zero attached hydrogens (tertiary/aromatic N) is 2. The topological polar surface area (TPSA) is 77.5 Å². The van der Waals surface area contributed by atoms with Crippen LogP contribution in [0.25, 0.3) is 0 Å². The molecule has 25 heavy (non-hydrogen) atoms. The molecular weight excluding hydrogens is 340 g/mol. The number of hydrogen-bond donors (Lipinski definition) is 3. The van der Waals surface area contributed by atoms with Crippen molar-refractivity contribution in [2.45, 2.75) is 26.9 Å². The summed E-state index contributed by atoms with van der Waals surface area (Å²) in [5, 5.41) is 15.3. The number of hydrazine groups is 1. The SMILES string of the molecule is CC(C)(C)CN1NC(Nc2cnccc2C(=O)O)c2cc(Cl)ccc21. The van der Waals surface area contributed by atoms with Gasteiger partial charge in [0.25, 0.3) is 0 Å². The van der Waals surface area contributed by atoms with Gasteiger partial charge >= 0.3 is 5.97 Å². The minimum Gasteiger partial charge on any atom is -0.478 e. The van der Waals surface area contributed by atoms with Gasteiger partial charge in [-0.05, 0) is 29.7 Å². The number of rotatable bonds is 4. The van der Waals surface area contributed by atoms with Crippen molar-refractivity contribution in [3.05, 3.63) is 52.8 Å². The summed E-state index contributed by atoms with van der Waals surface area (Å²) in [5.41, 5.74) is 6.11. The Hall–Kier alpha value is -2.31. The lowest BCUT2D eigenvalue weighted by molar-refractivity contribution is 0.0697. The summed E-state index contributed by atoms with van der Waals surface area (Å²) in [4.78, 5) is 15.5. The molecule has 1 aromatic heterocycles. The molecule has 1 unspecified atom stereocenters. The Morgan fingerprint density at radius 1 is 1.40 bits per heavy atom. The second-order valence-electron chi connectivity index (χ2n) is 7.28. The van der Waals surface area contributed by atoms with Crippen LogP contribution in [0.2, 0.25) is 5.02 Å². The van der Waals surface area contributed by atoms with Crippen molar-refractivity contribution in [1.29, 1.82) is 0 Å². The van der Waals surface area contributed by atoms with Crippen molar-refractivity contribution < 1.29 is 9.90 Å². The molecule has 0 radical (unpaired) electrons. The summed E-state index contributed by atoms with van der Waals surface area (Å²) < 4.78 is 0. The molecule has 2 aromatic rings. The van der Waals surface area contributed by atoms with E-state index < -0.39 is 5.97 Å². The molecule has 132 valence electrons. The van der Waals surface area contributed by atoms with Crippen molar-refractivity contribution in [3.8, 4) is 0 Å².